The van der Waals surface area contributed by atoms with Gasteiger partial charge in [-0.25, -0.2) is 0 Å². The molecule has 2 aromatic heterocycles. The van der Waals surface area contributed by atoms with Crippen molar-refractivity contribution in [3.8, 4) is 10.8 Å². The molecular formula is C16H15N3O2S2. The van der Waals surface area contributed by atoms with Gasteiger partial charge in [0.2, 0.25) is 5.91 Å². The zero-order chi connectivity index (χ0) is 16.1. The predicted molar refractivity (Wildman–Crippen MR) is 92.8 cm³/mol. The first kappa shape index (κ1) is 15.8. The molecule has 0 aliphatic heterocycles. The SMILES string of the molecule is CCc1cccc(NC(=O)CSc2nnc(-c3cccs3)o2)c1. The van der Waals surface area contributed by atoms with E-state index in [1.54, 1.807) is 0 Å². The first-order valence-corrected chi connectivity index (χ1v) is 9.00. The summed E-state index contributed by atoms with van der Waals surface area (Å²) in [5, 5.41) is 13.2. The Kier molecular flexibility index (Phi) is 5.09. The van der Waals surface area contributed by atoms with Gasteiger partial charge in [0.25, 0.3) is 11.1 Å². The number of thioether (sulfide) groups is 1. The van der Waals surface area contributed by atoms with E-state index in [0.29, 0.717) is 11.1 Å². The lowest BCUT2D eigenvalue weighted by Crippen LogP contribution is -2.14. The van der Waals surface area contributed by atoms with Crippen molar-refractivity contribution in [2.75, 3.05) is 11.1 Å². The Labute approximate surface area is 142 Å². The van der Waals surface area contributed by atoms with Gasteiger partial charge < -0.3 is 9.73 Å². The van der Waals surface area contributed by atoms with Crippen LogP contribution in [0.5, 0.6) is 0 Å². The van der Waals surface area contributed by atoms with Gasteiger partial charge in [-0.1, -0.05) is 36.9 Å². The number of hydrogen-bond acceptors (Lipinski definition) is 6. The van der Waals surface area contributed by atoms with Gasteiger partial charge in [0, 0.05) is 5.69 Å². The van der Waals surface area contributed by atoms with E-state index in [1.807, 2.05) is 41.8 Å². The second kappa shape index (κ2) is 7.43. The van der Waals surface area contributed by atoms with E-state index in [0.717, 1.165) is 17.0 Å². The zero-order valence-electron chi connectivity index (χ0n) is 12.5. The number of rotatable bonds is 6. The van der Waals surface area contributed by atoms with Crippen LogP contribution >= 0.6 is 23.1 Å². The van der Waals surface area contributed by atoms with Crippen LogP contribution in [0, 0.1) is 0 Å². The van der Waals surface area contributed by atoms with Crippen LogP contribution in [0.25, 0.3) is 10.8 Å². The molecule has 118 valence electrons. The number of aromatic nitrogens is 2. The normalized spacial score (nSPS) is 10.7. The lowest BCUT2D eigenvalue weighted by molar-refractivity contribution is -0.113. The highest BCUT2D eigenvalue weighted by molar-refractivity contribution is 7.99. The monoisotopic (exact) mass is 345 g/mol. The molecule has 0 aliphatic carbocycles. The highest BCUT2D eigenvalue weighted by Gasteiger charge is 2.12. The zero-order valence-corrected chi connectivity index (χ0v) is 14.1. The van der Waals surface area contributed by atoms with Crippen molar-refractivity contribution in [3.63, 3.8) is 0 Å². The second-order valence-electron chi connectivity index (χ2n) is 4.74. The fraction of sp³-hybridized carbons (Fsp3) is 0.188. The fourth-order valence-electron chi connectivity index (χ4n) is 1.96. The highest BCUT2D eigenvalue weighted by atomic mass is 32.2. The molecule has 3 rings (SSSR count). The van der Waals surface area contributed by atoms with Crippen LogP contribution in [0.15, 0.2) is 51.4 Å². The average Bonchev–Trinajstić information content (AvgIpc) is 3.24. The number of nitrogens with one attached hydrogen (secondary N) is 1. The fourth-order valence-corrected chi connectivity index (χ4v) is 3.17. The van der Waals surface area contributed by atoms with Crippen molar-refractivity contribution in [2.24, 2.45) is 0 Å². The summed E-state index contributed by atoms with van der Waals surface area (Å²) >= 11 is 2.76. The summed E-state index contributed by atoms with van der Waals surface area (Å²) in [7, 11) is 0. The standard InChI is InChI=1S/C16H15N3O2S2/c1-2-11-5-3-6-12(9-11)17-14(20)10-23-16-19-18-15(21-16)13-7-4-8-22-13/h3-9H,2,10H2,1H3,(H,17,20). The first-order valence-electron chi connectivity index (χ1n) is 7.13. The molecule has 7 heteroatoms. The lowest BCUT2D eigenvalue weighted by Gasteiger charge is -2.05. The van der Waals surface area contributed by atoms with Crippen molar-refractivity contribution in [1.82, 2.24) is 10.2 Å². The Bertz CT molecular complexity index is 784. The van der Waals surface area contributed by atoms with Crippen LogP contribution in [0.3, 0.4) is 0 Å². The average molecular weight is 345 g/mol. The van der Waals surface area contributed by atoms with Crippen molar-refractivity contribution in [1.29, 1.82) is 0 Å². The van der Waals surface area contributed by atoms with Gasteiger partial charge in [-0.05, 0) is 35.6 Å². The van der Waals surface area contributed by atoms with Crippen molar-refractivity contribution in [3.05, 3.63) is 47.3 Å². The minimum atomic E-state index is -0.0980. The first-order chi connectivity index (χ1) is 11.2. The van der Waals surface area contributed by atoms with Gasteiger partial charge in [0.05, 0.1) is 10.6 Å². The van der Waals surface area contributed by atoms with Gasteiger partial charge in [0.1, 0.15) is 0 Å². The summed E-state index contributed by atoms with van der Waals surface area (Å²) in [6.45, 7) is 2.08. The molecule has 2 heterocycles. The molecule has 0 unspecified atom stereocenters. The van der Waals surface area contributed by atoms with Gasteiger partial charge in [-0.2, -0.15) is 0 Å². The summed E-state index contributed by atoms with van der Waals surface area (Å²) < 4.78 is 5.54. The third-order valence-corrected chi connectivity index (χ3v) is 4.76. The van der Waals surface area contributed by atoms with Crippen LogP contribution in [0.2, 0.25) is 0 Å². The summed E-state index contributed by atoms with van der Waals surface area (Å²) in [5.74, 6) is 0.611. The van der Waals surface area contributed by atoms with E-state index in [4.69, 9.17) is 4.42 Å². The van der Waals surface area contributed by atoms with Gasteiger partial charge in [-0.15, -0.1) is 21.5 Å². The highest BCUT2D eigenvalue weighted by Crippen LogP contribution is 2.26. The van der Waals surface area contributed by atoms with Gasteiger partial charge in [0.15, 0.2) is 0 Å². The minimum Gasteiger partial charge on any atom is -0.410 e. The van der Waals surface area contributed by atoms with Crippen LogP contribution < -0.4 is 5.32 Å². The molecule has 0 fully saturated rings. The number of anilines is 1. The Balaban J connectivity index is 1.54. The summed E-state index contributed by atoms with van der Waals surface area (Å²) in [6, 6.07) is 11.7. The van der Waals surface area contributed by atoms with E-state index in [9.17, 15) is 4.79 Å². The predicted octanol–water partition coefficient (Wildman–Crippen LogP) is 4.09. The van der Waals surface area contributed by atoms with Gasteiger partial charge in [-0.3, -0.25) is 4.79 Å². The molecule has 0 saturated heterocycles. The van der Waals surface area contributed by atoms with Crippen LogP contribution in [0.1, 0.15) is 12.5 Å². The summed E-state index contributed by atoms with van der Waals surface area (Å²) in [6.07, 6.45) is 0.936. The molecule has 23 heavy (non-hydrogen) atoms. The van der Waals surface area contributed by atoms with Crippen LogP contribution in [0.4, 0.5) is 5.69 Å². The summed E-state index contributed by atoms with van der Waals surface area (Å²) in [4.78, 5) is 12.9. The number of aryl methyl sites for hydroxylation is 1. The number of thiophene rings is 1. The van der Waals surface area contributed by atoms with E-state index in [1.165, 1.54) is 28.7 Å². The number of carbonyl (C=O) groups is 1. The maximum absolute atomic E-state index is 12.0. The number of nitrogens with zero attached hydrogens (tertiary/aromatic N) is 2. The van der Waals surface area contributed by atoms with E-state index in [2.05, 4.69) is 22.4 Å². The Morgan fingerprint density at radius 1 is 1.30 bits per heavy atom. The van der Waals surface area contributed by atoms with E-state index in [-0.39, 0.29) is 11.7 Å². The molecule has 0 spiro atoms. The third-order valence-electron chi connectivity index (χ3n) is 3.08. The Hall–Kier alpha value is -2.12. The largest absolute Gasteiger partial charge is 0.410 e. The lowest BCUT2D eigenvalue weighted by atomic mass is 10.1. The molecule has 5 nitrogen and oxygen atoms in total. The molecule has 1 aromatic carbocycles. The molecule has 0 atom stereocenters. The Morgan fingerprint density at radius 3 is 3.00 bits per heavy atom. The second-order valence-corrected chi connectivity index (χ2v) is 6.62. The molecule has 0 radical (unpaired) electrons. The number of carbonyl (C=O) groups excluding carboxylic acids is 1. The topological polar surface area (TPSA) is 68.0 Å². The maximum atomic E-state index is 12.0. The molecule has 1 amide bonds. The Morgan fingerprint density at radius 2 is 2.22 bits per heavy atom. The number of benzene rings is 1. The molecule has 3 aromatic rings. The summed E-state index contributed by atoms with van der Waals surface area (Å²) in [5.41, 5.74) is 1.99. The quantitative estimate of drug-likeness (QED) is 0.682. The molecule has 0 aliphatic rings. The van der Waals surface area contributed by atoms with E-state index < -0.39 is 0 Å². The number of amides is 1. The third kappa shape index (κ3) is 4.20. The molecular weight excluding hydrogens is 330 g/mol. The molecule has 1 N–H and O–H groups in total. The number of hydrogen-bond donors (Lipinski definition) is 1. The van der Waals surface area contributed by atoms with E-state index >= 15 is 0 Å². The smallest absolute Gasteiger partial charge is 0.277 e. The van der Waals surface area contributed by atoms with Gasteiger partial charge >= 0.3 is 0 Å². The van der Waals surface area contributed by atoms with Crippen LogP contribution in [-0.4, -0.2) is 21.9 Å². The van der Waals surface area contributed by atoms with Crippen LogP contribution in [-0.2, 0) is 11.2 Å². The molecule has 0 saturated carbocycles. The minimum absolute atomic E-state index is 0.0980. The molecule has 0 bridgehead atoms. The van der Waals surface area contributed by atoms with Crippen molar-refractivity contribution < 1.29 is 9.21 Å². The van der Waals surface area contributed by atoms with Crippen molar-refractivity contribution in [2.45, 2.75) is 18.6 Å². The maximum Gasteiger partial charge on any atom is 0.277 e. The van der Waals surface area contributed by atoms with Crippen molar-refractivity contribution >= 4 is 34.7 Å².